The van der Waals surface area contributed by atoms with E-state index in [2.05, 4.69) is 137 Å². The molecule has 8 aromatic carbocycles. The van der Waals surface area contributed by atoms with Gasteiger partial charge in [-0.25, -0.2) is 15.0 Å². The zero-order valence-electron chi connectivity index (χ0n) is 30.5. The van der Waals surface area contributed by atoms with Crippen molar-refractivity contribution in [2.75, 3.05) is 0 Å². The van der Waals surface area contributed by atoms with Gasteiger partial charge >= 0.3 is 0 Å². The van der Waals surface area contributed by atoms with Gasteiger partial charge in [-0.3, -0.25) is 0 Å². The zero-order valence-corrected chi connectivity index (χ0v) is 30.5. The van der Waals surface area contributed by atoms with Gasteiger partial charge in [0.2, 0.25) is 0 Å². The minimum atomic E-state index is 0.598. The minimum absolute atomic E-state index is 0.598. The molecule has 0 amide bonds. The summed E-state index contributed by atoms with van der Waals surface area (Å²) in [4.78, 5) is 15.3. The summed E-state index contributed by atoms with van der Waals surface area (Å²) in [6.07, 6.45) is 0. The Morgan fingerprint density at radius 1 is 0.333 bits per heavy atom. The highest BCUT2D eigenvalue weighted by molar-refractivity contribution is 6.19. The van der Waals surface area contributed by atoms with Crippen molar-refractivity contribution in [3.05, 3.63) is 188 Å². The Labute approximate surface area is 326 Å². The van der Waals surface area contributed by atoms with Crippen LogP contribution in [0.25, 0.3) is 111 Å². The molecule has 6 heteroatoms. The number of nitrogens with zero attached hydrogens (tertiary/aromatic N) is 5. The number of fused-ring (bicyclic) bond motifs is 9. The maximum absolute atomic E-state index is 6.25. The summed E-state index contributed by atoms with van der Waals surface area (Å²) in [5.41, 5.74) is 11.2. The number of hydrogen-bond donors (Lipinski definition) is 0. The Balaban J connectivity index is 1.05. The number of furan rings is 1. The standard InChI is InChI=1S/C51H31N5O/c1-3-14-32(15-4-1)49-52-50(54-51(53-49)39-21-13-25-47-48(39)38-20-9-12-24-46(38)57-47)33-26-28-35(29-27-33)56-43-23-11-8-19-37(43)41-30-40-36-18-7-10-22-42(36)55(44(40)31-45(41)56)34-16-5-2-6-17-34/h1-31H. The van der Waals surface area contributed by atoms with Gasteiger partial charge in [0.15, 0.2) is 17.5 Å². The Morgan fingerprint density at radius 2 is 0.842 bits per heavy atom. The summed E-state index contributed by atoms with van der Waals surface area (Å²) in [7, 11) is 0. The van der Waals surface area contributed by atoms with Crippen molar-refractivity contribution >= 4 is 65.6 Å². The fourth-order valence-electron chi connectivity index (χ4n) is 8.63. The van der Waals surface area contributed by atoms with Crippen molar-refractivity contribution in [1.82, 2.24) is 24.1 Å². The third kappa shape index (κ3) is 4.87. The van der Waals surface area contributed by atoms with Gasteiger partial charge in [-0.15, -0.1) is 0 Å². The number of para-hydroxylation sites is 4. The summed E-state index contributed by atoms with van der Waals surface area (Å²) in [5, 5.41) is 6.93. The zero-order chi connectivity index (χ0) is 37.5. The van der Waals surface area contributed by atoms with Gasteiger partial charge in [0.1, 0.15) is 11.2 Å². The van der Waals surface area contributed by atoms with Crippen molar-refractivity contribution in [2.45, 2.75) is 0 Å². The van der Waals surface area contributed by atoms with Crippen LogP contribution >= 0.6 is 0 Å². The molecular formula is C51H31N5O. The molecule has 6 nitrogen and oxygen atoms in total. The van der Waals surface area contributed by atoms with Crippen LogP contribution in [0.3, 0.4) is 0 Å². The summed E-state index contributed by atoms with van der Waals surface area (Å²) >= 11 is 0. The average molecular weight is 730 g/mol. The lowest BCUT2D eigenvalue weighted by molar-refractivity contribution is 0.669. The second kappa shape index (κ2) is 12.3. The lowest BCUT2D eigenvalue weighted by Crippen LogP contribution is -2.01. The first-order valence-electron chi connectivity index (χ1n) is 19.1. The van der Waals surface area contributed by atoms with Crippen molar-refractivity contribution in [2.24, 2.45) is 0 Å². The first-order chi connectivity index (χ1) is 28.3. The molecule has 0 saturated heterocycles. The first kappa shape index (κ1) is 31.5. The number of benzene rings is 8. The molecule has 0 spiro atoms. The molecule has 12 aromatic rings. The Morgan fingerprint density at radius 3 is 1.51 bits per heavy atom. The van der Waals surface area contributed by atoms with Gasteiger partial charge in [0.25, 0.3) is 0 Å². The van der Waals surface area contributed by atoms with E-state index in [4.69, 9.17) is 19.4 Å². The summed E-state index contributed by atoms with van der Waals surface area (Å²) in [6, 6.07) is 65.6. The molecule has 0 radical (unpaired) electrons. The molecule has 12 rings (SSSR count). The fourth-order valence-corrected chi connectivity index (χ4v) is 8.63. The fraction of sp³-hybridized carbons (Fsp3) is 0. The van der Waals surface area contributed by atoms with Crippen LogP contribution in [0.4, 0.5) is 0 Å². The molecule has 0 fully saturated rings. The van der Waals surface area contributed by atoms with Crippen molar-refractivity contribution in [3.8, 4) is 45.5 Å². The van der Waals surface area contributed by atoms with Gasteiger partial charge < -0.3 is 13.6 Å². The average Bonchev–Trinajstić information content (AvgIpc) is 3.93. The predicted octanol–water partition coefficient (Wildman–Crippen LogP) is 13.0. The van der Waals surface area contributed by atoms with Crippen LogP contribution in [-0.2, 0) is 0 Å². The Bertz CT molecular complexity index is 3510. The van der Waals surface area contributed by atoms with Gasteiger partial charge in [-0.05, 0) is 72.8 Å². The third-order valence-electron chi connectivity index (χ3n) is 11.2. The molecule has 0 unspecified atom stereocenters. The van der Waals surface area contributed by atoms with Gasteiger partial charge in [0, 0.05) is 60.4 Å². The van der Waals surface area contributed by atoms with Crippen LogP contribution in [-0.4, -0.2) is 24.1 Å². The van der Waals surface area contributed by atoms with Crippen LogP contribution in [0.15, 0.2) is 192 Å². The van der Waals surface area contributed by atoms with Gasteiger partial charge in [-0.2, -0.15) is 0 Å². The summed E-state index contributed by atoms with van der Waals surface area (Å²) in [5.74, 6) is 1.82. The second-order valence-electron chi connectivity index (χ2n) is 14.4. The van der Waals surface area contributed by atoms with E-state index >= 15 is 0 Å². The van der Waals surface area contributed by atoms with Crippen molar-refractivity contribution in [3.63, 3.8) is 0 Å². The van der Waals surface area contributed by atoms with Crippen LogP contribution < -0.4 is 0 Å². The largest absolute Gasteiger partial charge is 0.456 e. The molecule has 4 heterocycles. The van der Waals surface area contributed by atoms with E-state index in [0.717, 1.165) is 61.0 Å². The molecule has 0 aliphatic heterocycles. The quantitative estimate of drug-likeness (QED) is 0.177. The van der Waals surface area contributed by atoms with Gasteiger partial charge in [0.05, 0.1) is 22.1 Å². The van der Waals surface area contributed by atoms with Gasteiger partial charge in [-0.1, -0.05) is 115 Å². The van der Waals surface area contributed by atoms with Crippen LogP contribution in [0.1, 0.15) is 0 Å². The van der Waals surface area contributed by atoms with E-state index < -0.39 is 0 Å². The maximum atomic E-state index is 6.25. The third-order valence-corrected chi connectivity index (χ3v) is 11.2. The molecule has 4 aromatic heterocycles. The molecule has 0 bridgehead atoms. The highest BCUT2D eigenvalue weighted by Gasteiger charge is 2.20. The van der Waals surface area contributed by atoms with Crippen molar-refractivity contribution < 1.29 is 4.42 Å². The van der Waals surface area contributed by atoms with E-state index in [1.54, 1.807) is 0 Å². The molecule has 0 aliphatic rings. The highest BCUT2D eigenvalue weighted by atomic mass is 16.3. The lowest BCUT2D eigenvalue weighted by atomic mass is 10.1. The number of hydrogen-bond acceptors (Lipinski definition) is 4. The maximum Gasteiger partial charge on any atom is 0.164 e. The smallest absolute Gasteiger partial charge is 0.164 e. The predicted molar refractivity (Wildman–Crippen MR) is 232 cm³/mol. The molecule has 266 valence electrons. The molecule has 0 N–H and O–H groups in total. The first-order valence-corrected chi connectivity index (χ1v) is 19.1. The van der Waals surface area contributed by atoms with Crippen LogP contribution in [0.5, 0.6) is 0 Å². The highest BCUT2D eigenvalue weighted by Crippen LogP contribution is 2.40. The number of aromatic nitrogens is 5. The minimum Gasteiger partial charge on any atom is -0.456 e. The van der Waals surface area contributed by atoms with E-state index in [9.17, 15) is 0 Å². The topological polar surface area (TPSA) is 61.7 Å². The lowest BCUT2D eigenvalue weighted by Gasteiger charge is -2.12. The van der Waals surface area contributed by atoms with Crippen LogP contribution in [0, 0.1) is 0 Å². The summed E-state index contributed by atoms with van der Waals surface area (Å²) in [6.45, 7) is 0. The molecule has 57 heavy (non-hydrogen) atoms. The molecule has 0 saturated carbocycles. The Kier molecular flexibility index (Phi) is 6.83. The Hall–Kier alpha value is -7.83. The molecule has 0 aliphatic carbocycles. The van der Waals surface area contributed by atoms with E-state index in [1.807, 2.05) is 60.7 Å². The SMILES string of the molecule is c1ccc(-c2nc(-c3ccc(-n4c5ccccc5c5cc6c7ccccc7n(-c7ccccc7)c6cc54)cc3)nc(-c3cccc4oc5ccccc5c34)n2)cc1. The summed E-state index contributed by atoms with van der Waals surface area (Å²) < 4.78 is 11.0. The van der Waals surface area contributed by atoms with Crippen LogP contribution in [0.2, 0.25) is 0 Å². The second-order valence-corrected chi connectivity index (χ2v) is 14.4. The molecular weight excluding hydrogens is 699 g/mol. The normalized spacial score (nSPS) is 11.9. The molecule has 0 atom stereocenters. The number of rotatable bonds is 5. The van der Waals surface area contributed by atoms with E-state index in [-0.39, 0.29) is 0 Å². The monoisotopic (exact) mass is 729 g/mol. The van der Waals surface area contributed by atoms with Crippen molar-refractivity contribution in [1.29, 1.82) is 0 Å². The van der Waals surface area contributed by atoms with E-state index in [0.29, 0.717) is 17.5 Å². The van der Waals surface area contributed by atoms with E-state index in [1.165, 1.54) is 32.6 Å².